The zero-order chi connectivity index (χ0) is 23.4. The van der Waals surface area contributed by atoms with Crippen molar-refractivity contribution in [2.24, 2.45) is 0 Å². The Balaban J connectivity index is 1.94. The fraction of sp³-hybridized carbons (Fsp3) is 0.760. The van der Waals surface area contributed by atoms with Gasteiger partial charge < -0.3 is 24.3 Å². The highest BCUT2D eigenvalue weighted by Gasteiger charge is 2.56. The van der Waals surface area contributed by atoms with Gasteiger partial charge in [0.1, 0.15) is 12.2 Å². The average molecular weight is 450 g/mol. The summed E-state index contributed by atoms with van der Waals surface area (Å²) in [5.74, 6) is -0.694. The molecule has 176 valence electrons. The number of aliphatic hydroxyl groups is 1. The van der Waals surface area contributed by atoms with Gasteiger partial charge in [-0.05, 0) is 48.5 Å². The quantitative estimate of drug-likeness (QED) is 0.640. The van der Waals surface area contributed by atoms with Gasteiger partial charge in [0.15, 0.2) is 14.1 Å². The fourth-order valence-electron chi connectivity index (χ4n) is 4.28. The van der Waals surface area contributed by atoms with Gasteiger partial charge >= 0.3 is 0 Å². The SMILES string of the molecule is CC1(C)O[C@H]2[C@H](O[Si](C)(C)C(C)(C)C)[C@@H](CO)N[C@@H](c3ccc(C(C)(C)C)cc3)[C@H]2O1. The lowest BCUT2D eigenvalue weighted by Gasteiger charge is -2.48. The van der Waals surface area contributed by atoms with E-state index in [0.717, 1.165) is 5.56 Å². The van der Waals surface area contributed by atoms with E-state index in [-0.39, 0.29) is 47.5 Å². The highest BCUT2D eigenvalue weighted by atomic mass is 28.4. The maximum Gasteiger partial charge on any atom is 0.192 e. The maximum atomic E-state index is 10.3. The summed E-state index contributed by atoms with van der Waals surface area (Å²) in [5.41, 5.74) is 2.55. The molecule has 2 N–H and O–H groups in total. The number of benzene rings is 1. The molecule has 6 heteroatoms. The Bertz CT molecular complexity index is 763. The number of rotatable bonds is 4. The van der Waals surface area contributed by atoms with Crippen LogP contribution < -0.4 is 5.32 Å². The van der Waals surface area contributed by atoms with Crippen molar-refractivity contribution in [3.63, 3.8) is 0 Å². The third kappa shape index (κ3) is 5.10. The molecule has 31 heavy (non-hydrogen) atoms. The van der Waals surface area contributed by atoms with Crippen LogP contribution in [-0.2, 0) is 19.3 Å². The van der Waals surface area contributed by atoms with E-state index >= 15 is 0 Å². The van der Waals surface area contributed by atoms with Crippen LogP contribution in [0.2, 0.25) is 18.1 Å². The molecule has 0 amide bonds. The van der Waals surface area contributed by atoms with Gasteiger partial charge in [0.25, 0.3) is 0 Å². The summed E-state index contributed by atoms with van der Waals surface area (Å²) in [5, 5.41) is 14.0. The molecular weight excluding hydrogens is 406 g/mol. The molecule has 2 saturated heterocycles. The first-order valence-electron chi connectivity index (χ1n) is 11.6. The number of aliphatic hydroxyl groups excluding tert-OH is 1. The molecule has 0 radical (unpaired) electrons. The Morgan fingerprint density at radius 2 is 1.55 bits per heavy atom. The van der Waals surface area contributed by atoms with E-state index in [4.69, 9.17) is 13.9 Å². The Labute approximate surface area is 190 Å². The van der Waals surface area contributed by atoms with Gasteiger partial charge in [0.05, 0.1) is 24.8 Å². The molecule has 2 fully saturated rings. The molecule has 0 aliphatic carbocycles. The summed E-state index contributed by atoms with van der Waals surface area (Å²) >= 11 is 0. The molecular formula is C25H43NO4Si. The Kier molecular flexibility index (Phi) is 6.60. The first-order valence-corrected chi connectivity index (χ1v) is 14.5. The van der Waals surface area contributed by atoms with Crippen LogP contribution in [0.15, 0.2) is 24.3 Å². The largest absolute Gasteiger partial charge is 0.409 e. The lowest BCUT2D eigenvalue weighted by atomic mass is 9.83. The molecule has 0 aromatic heterocycles. The third-order valence-electron chi connectivity index (χ3n) is 7.18. The van der Waals surface area contributed by atoms with Crippen LogP contribution in [-0.4, -0.2) is 50.2 Å². The van der Waals surface area contributed by atoms with Gasteiger partial charge in [-0.2, -0.15) is 0 Å². The first kappa shape index (κ1) is 24.9. The molecule has 2 heterocycles. The van der Waals surface area contributed by atoms with Crippen molar-refractivity contribution in [1.82, 2.24) is 5.32 Å². The molecule has 1 aromatic carbocycles. The van der Waals surface area contributed by atoms with Crippen molar-refractivity contribution in [3.8, 4) is 0 Å². The minimum Gasteiger partial charge on any atom is -0.409 e. The molecule has 5 atom stereocenters. The van der Waals surface area contributed by atoms with Crippen molar-refractivity contribution >= 4 is 8.32 Å². The van der Waals surface area contributed by atoms with Crippen molar-refractivity contribution < 1.29 is 19.0 Å². The van der Waals surface area contributed by atoms with Crippen LogP contribution in [0.3, 0.4) is 0 Å². The standard InChI is InChI=1S/C25H43NO4Si/c1-23(2,3)17-13-11-16(12-14-17)19-21-22(29-25(7,8)28-21)20(18(15-27)26-19)30-31(9,10)24(4,5)6/h11-14,18-22,26-27H,15H2,1-10H3/t18-,19+,20-,21-,22+/m1/s1. The van der Waals surface area contributed by atoms with Crippen molar-refractivity contribution in [3.05, 3.63) is 35.4 Å². The normalized spacial score (nSPS) is 31.5. The van der Waals surface area contributed by atoms with E-state index in [1.165, 1.54) is 5.56 Å². The summed E-state index contributed by atoms with van der Waals surface area (Å²) < 4.78 is 19.6. The van der Waals surface area contributed by atoms with Crippen LogP contribution >= 0.6 is 0 Å². The highest BCUT2D eigenvalue weighted by molar-refractivity contribution is 6.74. The van der Waals surface area contributed by atoms with Gasteiger partial charge in [-0.1, -0.05) is 65.8 Å². The third-order valence-corrected chi connectivity index (χ3v) is 11.6. The molecule has 5 nitrogen and oxygen atoms in total. The molecule has 0 unspecified atom stereocenters. The van der Waals surface area contributed by atoms with E-state index in [2.05, 4.69) is 84.2 Å². The van der Waals surface area contributed by atoms with Crippen molar-refractivity contribution in [2.45, 2.75) is 115 Å². The van der Waals surface area contributed by atoms with Crippen molar-refractivity contribution in [1.29, 1.82) is 0 Å². The highest BCUT2D eigenvalue weighted by Crippen LogP contribution is 2.45. The van der Waals surface area contributed by atoms with E-state index in [9.17, 15) is 5.11 Å². The Hall–Kier alpha value is -0.763. The van der Waals surface area contributed by atoms with Gasteiger partial charge in [-0.15, -0.1) is 0 Å². The second-order valence-corrected chi connectivity index (χ2v) is 17.0. The number of nitrogens with one attached hydrogen (secondary N) is 1. The summed E-state index contributed by atoms with van der Waals surface area (Å²) in [6, 6.07) is 8.44. The molecule has 0 saturated carbocycles. The zero-order valence-corrected chi connectivity index (χ0v) is 22.1. The Morgan fingerprint density at radius 3 is 2.03 bits per heavy atom. The van der Waals surface area contributed by atoms with E-state index < -0.39 is 14.1 Å². The van der Waals surface area contributed by atoms with Gasteiger partial charge in [-0.3, -0.25) is 0 Å². The second kappa shape index (κ2) is 8.23. The predicted octanol–water partition coefficient (Wildman–Crippen LogP) is 4.90. The minimum atomic E-state index is -2.07. The summed E-state index contributed by atoms with van der Waals surface area (Å²) in [7, 11) is -2.07. The molecule has 0 spiro atoms. The van der Waals surface area contributed by atoms with E-state index in [0.29, 0.717) is 0 Å². The second-order valence-electron chi connectivity index (χ2n) is 12.2. The molecule has 3 rings (SSSR count). The van der Waals surface area contributed by atoms with Crippen molar-refractivity contribution in [2.75, 3.05) is 6.61 Å². The minimum absolute atomic E-state index is 0.0110. The van der Waals surface area contributed by atoms with Gasteiger partial charge in [0, 0.05) is 0 Å². The lowest BCUT2D eigenvalue weighted by molar-refractivity contribution is -0.153. The number of ether oxygens (including phenoxy) is 2. The van der Waals surface area contributed by atoms with Crippen LogP contribution in [0.1, 0.15) is 72.6 Å². The summed E-state index contributed by atoms with van der Waals surface area (Å²) in [6.07, 6.45) is -0.689. The topological polar surface area (TPSA) is 60.0 Å². The number of piperidine rings is 1. The average Bonchev–Trinajstić information content (AvgIpc) is 2.95. The lowest BCUT2D eigenvalue weighted by Crippen LogP contribution is -2.64. The van der Waals surface area contributed by atoms with Gasteiger partial charge in [0.2, 0.25) is 0 Å². The zero-order valence-electron chi connectivity index (χ0n) is 21.1. The number of hydrogen-bond donors (Lipinski definition) is 2. The smallest absolute Gasteiger partial charge is 0.192 e. The maximum absolute atomic E-state index is 10.3. The van der Waals surface area contributed by atoms with Crippen LogP contribution in [0.25, 0.3) is 0 Å². The van der Waals surface area contributed by atoms with Crippen LogP contribution in [0.4, 0.5) is 0 Å². The summed E-state index contributed by atoms with van der Waals surface area (Å²) in [6.45, 7) is 21.8. The van der Waals surface area contributed by atoms with E-state index in [1.807, 2.05) is 13.8 Å². The number of hydrogen-bond acceptors (Lipinski definition) is 5. The number of fused-ring (bicyclic) bond motifs is 1. The monoisotopic (exact) mass is 449 g/mol. The van der Waals surface area contributed by atoms with Crippen LogP contribution in [0, 0.1) is 0 Å². The summed E-state index contributed by atoms with van der Waals surface area (Å²) in [4.78, 5) is 0. The van der Waals surface area contributed by atoms with E-state index in [1.54, 1.807) is 0 Å². The van der Waals surface area contributed by atoms with Crippen LogP contribution in [0.5, 0.6) is 0 Å². The first-order chi connectivity index (χ1) is 14.1. The predicted molar refractivity (Wildman–Crippen MR) is 128 cm³/mol. The van der Waals surface area contributed by atoms with Gasteiger partial charge in [-0.25, -0.2) is 0 Å². The Morgan fingerprint density at radius 1 is 1.00 bits per heavy atom. The molecule has 0 bridgehead atoms. The molecule has 2 aliphatic heterocycles. The molecule has 1 aromatic rings. The fourth-order valence-corrected chi connectivity index (χ4v) is 5.61. The molecule has 2 aliphatic rings.